The predicted molar refractivity (Wildman–Crippen MR) is 146 cm³/mol. The summed E-state index contributed by atoms with van der Waals surface area (Å²) in [6.07, 6.45) is 1.76. The second-order valence-electron chi connectivity index (χ2n) is 9.79. The zero-order valence-corrected chi connectivity index (χ0v) is 22.7. The fourth-order valence-corrected chi connectivity index (χ4v) is 5.53. The first-order valence-corrected chi connectivity index (χ1v) is 12.7. The van der Waals surface area contributed by atoms with Gasteiger partial charge in [0.2, 0.25) is 0 Å². The third kappa shape index (κ3) is 4.59. The largest absolute Gasteiger partial charge is 0.467 e. The smallest absolute Gasteiger partial charge is 0.311 e. The van der Waals surface area contributed by atoms with E-state index >= 15 is 0 Å². The third-order valence-corrected chi connectivity index (χ3v) is 7.56. The second kappa shape index (κ2) is 9.41. The standard InChI is InChI=1S/C29H27FN2O5S/c1-15-9-18(30)10-16(2)26(15)36-23-8-7-17(29(3,4)34)11-19(23)21-14-32(5)28(33)27-20(21)12-24(38-27)22-13-25(35-6)37-31-22/h7-14,34H,1-6H3. The second-order valence-corrected chi connectivity index (χ2v) is 10.8. The van der Waals surface area contributed by atoms with Crippen LogP contribution in [0.1, 0.15) is 30.5 Å². The van der Waals surface area contributed by atoms with E-state index < -0.39 is 5.60 Å². The highest BCUT2D eigenvalue weighted by Gasteiger charge is 2.23. The van der Waals surface area contributed by atoms with Gasteiger partial charge in [0.15, 0.2) is 0 Å². The molecule has 0 saturated carbocycles. The zero-order valence-electron chi connectivity index (χ0n) is 21.9. The lowest BCUT2D eigenvalue weighted by molar-refractivity contribution is 0.0786. The molecule has 9 heteroatoms. The molecule has 0 aliphatic heterocycles. The number of nitrogens with zero attached hydrogens (tertiary/aromatic N) is 2. The third-order valence-electron chi connectivity index (χ3n) is 6.42. The van der Waals surface area contributed by atoms with Gasteiger partial charge in [0, 0.05) is 29.8 Å². The predicted octanol–water partition coefficient (Wildman–Crippen LogP) is 6.71. The van der Waals surface area contributed by atoms with Crippen LogP contribution in [0.2, 0.25) is 0 Å². The molecular weight excluding hydrogens is 507 g/mol. The number of thiophene rings is 1. The maximum absolute atomic E-state index is 14.0. The monoisotopic (exact) mass is 534 g/mol. The first-order chi connectivity index (χ1) is 18.0. The normalized spacial score (nSPS) is 11.8. The number of hydrogen-bond acceptors (Lipinski definition) is 7. The number of aliphatic hydroxyl groups is 1. The molecule has 7 nitrogen and oxygen atoms in total. The van der Waals surface area contributed by atoms with Crippen molar-refractivity contribution < 1.29 is 23.5 Å². The highest BCUT2D eigenvalue weighted by atomic mass is 32.1. The fraction of sp³-hybridized carbons (Fsp3) is 0.241. The van der Waals surface area contributed by atoms with Crippen molar-refractivity contribution in [2.45, 2.75) is 33.3 Å². The first kappa shape index (κ1) is 25.7. The van der Waals surface area contributed by atoms with Gasteiger partial charge >= 0.3 is 5.95 Å². The first-order valence-electron chi connectivity index (χ1n) is 11.9. The molecule has 0 amide bonds. The molecule has 0 unspecified atom stereocenters. The van der Waals surface area contributed by atoms with Crippen molar-refractivity contribution in [2.75, 3.05) is 7.11 Å². The van der Waals surface area contributed by atoms with Crippen LogP contribution in [-0.4, -0.2) is 21.9 Å². The SMILES string of the molecule is COc1cc(-c2cc3c(-c4cc(C(C)(C)O)ccc4Oc4c(C)cc(F)cc4C)cn(C)c(=O)c3s2)no1. The van der Waals surface area contributed by atoms with E-state index in [0.29, 0.717) is 49.5 Å². The van der Waals surface area contributed by atoms with Gasteiger partial charge in [-0.15, -0.1) is 11.3 Å². The van der Waals surface area contributed by atoms with Gasteiger partial charge in [-0.1, -0.05) is 11.2 Å². The van der Waals surface area contributed by atoms with Gasteiger partial charge in [-0.2, -0.15) is 0 Å². The summed E-state index contributed by atoms with van der Waals surface area (Å²) < 4.78 is 32.7. The molecule has 3 heterocycles. The lowest BCUT2D eigenvalue weighted by Crippen LogP contribution is -2.16. The van der Waals surface area contributed by atoms with E-state index in [1.54, 1.807) is 59.1 Å². The topological polar surface area (TPSA) is 86.7 Å². The molecule has 0 radical (unpaired) electrons. The Hall–Kier alpha value is -3.95. The molecule has 0 atom stereocenters. The molecule has 196 valence electrons. The number of aryl methyl sites for hydroxylation is 3. The summed E-state index contributed by atoms with van der Waals surface area (Å²) in [5.74, 6) is 0.987. The molecule has 5 rings (SSSR count). The van der Waals surface area contributed by atoms with Crippen molar-refractivity contribution in [2.24, 2.45) is 7.05 Å². The Balaban J connectivity index is 1.76. The number of ether oxygens (including phenoxy) is 2. The van der Waals surface area contributed by atoms with Crippen molar-refractivity contribution in [3.63, 3.8) is 0 Å². The minimum Gasteiger partial charge on any atom is -0.467 e. The number of rotatable bonds is 6. The van der Waals surface area contributed by atoms with E-state index in [9.17, 15) is 14.3 Å². The molecule has 0 aliphatic carbocycles. The number of halogens is 1. The average Bonchev–Trinajstić information content (AvgIpc) is 3.51. The van der Waals surface area contributed by atoms with Crippen LogP contribution >= 0.6 is 11.3 Å². The van der Waals surface area contributed by atoms with Crippen LogP contribution < -0.4 is 15.0 Å². The Morgan fingerprint density at radius 2 is 1.79 bits per heavy atom. The molecule has 0 saturated heterocycles. The Bertz CT molecular complexity index is 1720. The maximum Gasteiger partial charge on any atom is 0.311 e. The van der Waals surface area contributed by atoms with Gasteiger partial charge < -0.3 is 23.7 Å². The van der Waals surface area contributed by atoms with Crippen LogP contribution in [0.4, 0.5) is 4.39 Å². The summed E-state index contributed by atoms with van der Waals surface area (Å²) in [6, 6.07) is 11.9. The van der Waals surface area contributed by atoms with E-state index in [0.717, 1.165) is 10.4 Å². The van der Waals surface area contributed by atoms with Gasteiger partial charge in [0.25, 0.3) is 5.56 Å². The van der Waals surface area contributed by atoms with Crippen molar-refractivity contribution in [1.82, 2.24) is 9.72 Å². The Morgan fingerprint density at radius 1 is 1.08 bits per heavy atom. The van der Waals surface area contributed by atoms with Gasteiger partial charge in [-0.05, 0) is 74.7 Å². The molecule has 5 aromatic rings. The number of hydrogen-bond donors (Lipinski definition) is 1. The zero-order chi connectivity index (χ0) is 27.4. The number of fused-ring (bicyclic) bond motifs is 1. The van der Waals surface area contributed by atoms with E-state index in [1.807, 2.05) is 12.1 Å². The van der Waals surface area contributed by atoms with Crippen LogP contribution in [0, 0.1) is 19.7 Å². The number of methoxy groups -OCH3 is 1. The van der Waals surface area contributed by atoms with E-state index in [2.05, 4.69) is 5.16 Å². The molecule has 1 N–H and O–H groups in total. The summed E-state index contributed by atoms with van der Waals surface area (Å²) in [7, 11) is 3.18. The van der Waals surface area contributed by atoms with Crippen molar-refractivity contribution in [3.05, 3.63) is 81.5 Å². The van der Waals surface area contributed by atoms with E-state index in [-0.39, 0.29) is 17.3 Å². The number of pyridine rings is 1. The quantitative estimate of drug-likeness (QED) is 0.261. The van der Waals surface area contributed by atoms with Crippen molar-refractivity contribution >= 4 is 21.4 Å². The summed E-state index contributed by atoms with van der Waals surface area (Å²) in [4.78, 5) is 13.9. The van der Waals surface area contributed by atoms with Gasteiger partial charge in [-0.25, -0.2) is 4.39 Å². The average molecular weight is 535 g/mol. The van der Waals surface area contributed by atoms with Crippen LogP contribution in [0.15, 0.2) is 58.0 Å². The molecule has 0 spiro atoms. The van der Waals surface area contributed by atoms with E-state index in [1.165, 1.54) is 35.1 Å². The van der Waals surface area contributed by atoms with Crippen LogP contribution in [0.25, 0.3) is 31.8 Å². The van der Waals surface area contributed by atoms with Crippen LogP contribution in [0.3, 0.4) is 0 Å². The highest BCUT2D eigenvalue weighted by Crippen LogP contribution is 2.43. The van der Waals surface area contributed by atoms with E-state index in [4.69, 9.17) is 14.0 Å². The minimum atomic E-state index is -1.12. The lowest BCUT2D eigenvalue weighted by Gasteiger charge is -2.22. The highest BCUT2D eigenvalue weighted by molar-refractivity contribution is 7.22. The molecule has 2 aromatic carbocycles. The summed E-state index contributed by atoms with van der Waals surface area (Å²) in [6.45, 7) is 6.99. The maximum atomic E-state index is 14.0. The van der Waals surface area contributed by atoms with Crippen LogP contribution in [-0.2, 0) is 12.6 Å². The Kier molecular flexibility index (Phi) is 6.36. The molecule has 0 aliphatic rings. The summed E-state index contributed by atoms with van der Waals surface area (Å²) in [5.41, 5.74) is 2.68. The molecule has 3 aromatic heterocycles. The molecule has 0 bridgehead atoms. The minimum absolute atomic E-state index is 0.151. The van der Waals surface area contributed by atoms with Crippen molar-refractivity contribution in [1.29, 1.82) is 0 Å². The number of aromatic nitrogens is 2. The van der Waals surface area contributed by atoms with Crippen LogP contribution in [0.5, 0.6) is 17.4 Å². The molecule has 0 fully saturated rings. The number of benzene rings is 2. The van der Waals surface area contributed by atoms with Gasteiger partial charge in [0.05, 0.1) is 23.7 Å². The Morgan fingerprint density at radius 3 is 2.42 bits per heavy atom. The van der Waals surface area contributed by atoms with Gasteiger partial charge in [0.1, 0.15) is 27.7 Å². The van der Waals surface area contributed by atoms with Crippen molar-refractivity contribution in [3.8, 4) is 39.1 Å². The lowest BCUT2D eigenvalue weighted by atomic mass is 9.93. The van der Waals surface area contributed by atoms with Gasteiger partial charge in [-0.3, -0.25) is 4.79 Å². The molecule has 38 heavy (non-hydrogen) atoms. The summed E-state index contributed by atoms with van der Waals surface area (Å²) in [5, 5.41) is 15.6. The fourth-order valence-electron chi connectivity index (χ4n) is 4.42. The molecular formula is C29H27FN2O5S. The Labute approximate surface area is 222 Å². The summed E-state index contributed by atoms with van der Waals surface area (Å²) >= 11 is 1.31.